The minimum absolute atomic E-state index is 0.0705. The zero-order valence-electron chi connectivity index (χ0n) is 7.19. The Morgan fingerprint density at radius 1 is 1.54 bits per heavy atom. The van der Waals surface area contributed by atoms with Crippen LogP contribution in [0.2, 0.25) is 0 Å². The van der Waals surface area contributed by atoms with Crippen LogP contribution in [0.15, 0.2) is 0 Å². The molecule has 3 nitrogen and oxygen atoms in total. The van der Waals surface area contributed by atoms with E-state index >= 15 is 0 Å². The fourth-order valence-corrected chi connectivity index (χ4v) is 0.690. The fourth-order valence-electron chi connectivity index (χ4n) is 0.690. The third-order valence-corrected chi connectivity index (χ3v) is 1.49. The second-order valence-electron chi connectivity index (χ2n) is 2.83. The Hall–Kier alpha value is -0.780. The molecule has 78 valence electrons. The average molecular weight is 199 g/mol. The summed E-state index contributed by atoms with van der Waals surface area (Å²) in [6.45, 7) is 1.48. The van der Waals surface area contributed by atoms with Crippen molar-refractivity contribution in [2.24, 2.45) is 5.92 Å². The van der Waals surface area contributed by atoms with E-state index in [1.165, 1.54) is 0 Å². The molecular weight excluding hydrogens is 187 g/mol. The van der Waals surface area contributed by atoms with Crippen LogP contribution in [0, 0.1) is 5.92 Å². The topological polar surface area (TPSA) is 49.3 Å². The average Bonchev–Trinajstić information content (AvgIpc) is 1.99. The highest BCUT2D eigenvalue weighted by molar-refractivity contribution is 5.81. The lowest BCUT2D eigenvalue weighted by atomic mass is 10.1. The number of carbonyl (C=O) groups excluding carboxylic acids is 1. The molecule has 1 unspecified atom stereocenters. The monoisotopic (exact) mass is 199 g/mol. The number of hydrogen-bond acceptors (Lipinski definition) is 2. The van der Waals surface area contributed by atoms with Crippen LogP contribution in [0.3, 0.4) is 0 Å². The van der Waals surface area contributed by atoms with Gasteiger partial charge >= 0.3 is 12.1 Å². The molecule has 6 heteroatoms. The Morgan fingerprint density at radius 2 is 2.08 bits per heavy atom. The molecule has 0 aromatic rings. The maximum Gasteiger partial charge on any atom is 0.471 e. The predicted molar refractivity (Wildman–Crippen MR) is 39.9 cm³/mol. The molecule has 0 bridgehead atoms. The van der Waals surface area contributed by atoms with Crippen molar-refractivity contribution in [3.8, 4) is 0 Å². The fraction of sp³-hybridized carbons (Fsp3) is 0.857. The first-order valence-corrected chi connectivity index (χ1v) is 3.83. The molecule has 0 aliphatic rings. The first-order chi connectivity index (χ1) is 5.88. The molecule has 0 saturated carbocycles. The number of carbonyl (C=O) groups is 1. The van der Waals surface area contributed by atoms with E-state index in [1.54, 1.807) is 12.2 Å². The first kappa shape index (κ1) is 12.2. The molecule has 0 radical (unpaired) electrons. The van der Waals surface area contributed by atoms with Crippen molar-refractivity contribution in [3.05, 3.63) is 0 Å². The summed E-state index contributed by atoms with van der Waals surface area (Å²) in [5.41, 5.74) is 0. The maximum absolute atomic E-state index is 11.6. The summed E-state index contributed by atoms with van der Waals surface area (Å²) in [4.78, 5) is 10.3. The Balaban J connectivity index is 3.71. The van der Waals surface area contributed by atoms with E-state index in [0.717, 1.165) is 0 Å². The number of hydrogen-bond donors (Lipinski definition) is 2. The van der Waals surface area contributed by atoms with Gasteiger partial charge in [-0.05, 0) is 12.3 Å². The number of aliphatic hydroxyl groups excluding tert-OH is 1. The number of rotatable bonds is 4. The molecule has 0 rings (SSSR count). The van der Waals surface area contributed by atoms with Crippen LogP contribution >= 0.6 is 0 Å². The lowest BCUT2D eigenvalue weighted by Gasteiger charge is -2.12. The van der Waals surface area contributed by atoms with Crippen molar-refractivity contribution in [1.29, 1.82) is 0 Å². The van der Waals surface area contributed by atoms with Gasteiger partial charge in [0.05, 0.1) is 0 Å². The molecule has 0 fully saturated rings. The summed E-state index contributed by atoms with van der Waals surface area (Å²) in [5, 5.41) is 10.2. The molecule has 2 N–H and O–H groups in total. The second kappa shape index (κ2) is 5.06. The normalized spacial score (nSPS) is 13.9. The SMILES string of the molecule is CC(CCO)CNC(=O)C(F)(F)F. The Labute approximate surface area is 73.9 Å². The van der Waals surface area contributed by atoms with Crippen LogP contribution in [-0.2, 0) is 4.79 Å². The van der Waals surface area contributed by atoms with Crippen LogP contribution in [0.25, 0.3) is 0 Å². The molecule has 1 amide bonds. The Kier molecular flexibility index (Phi) is 4.76. The number of amides is 1. The van der Waals surface area contributed by atoms with Crippen LogP contribution in [0.1, 0.15) is 13.3 Å². The predicted octanol–water partition coefficient (Wildman–Crippen LogP) is 0.683. The molecular formula is C7H12F3NO2. The first-order valence-electron chi connectivity index (χ1n) is 3.83. The second-order valence-corrected chi connectivity index (χ2v) is 2.83. The van der Waals surface area contributed by atoms with Crippen molar-refractivity contribution >= 4 is 5.91 Å². The van der Waals surface area contributed by atoms with Crippen molar-refractivity contribution in [3.63, 3.8) is 0 Å². The van der Waals surface area contributed by atoms with Crippen molar-refractivity contribution in [2.75, 3.05) is 13.2 Å². The quantitative estimate of drug-likeness (QED) is 0.699. The summed E-state index contributed by atoms with van der Waals surface area (Å²) in [6.07, 6.45) is -4.45. The van der Waals surface area contributed by atoms with E-state index in [9.17, 15) is 18.0 Å². The summed E-state index contributed by atoms with van der Waals surface area (Å²) in [7, 11) is 0. The third kappa shape index (κ3) is 5.46. The van der Waals surface area contributed by atoms with Gasteiger partial charge in [0.1, 0.15) is 0 Å². The summed E-state index contributed by atoms with van der Waals surface area (Å²) in [6, 6.07) is 0. The van der Waals surface area contributed by atoms with Crippen LogP contribution in [0.4, 0.5) is 13.2 Å². The number of alkyl halides is 3. The van der Waals surface area contributed by atoms with Crippen molar-refractivity contribution in [1.82, 2.24) is 5.32 Å². The molecule has 0 aromatic heterocycles. The Morgan fingerprint density at radius 3 is 2.46 bits per heavy atom. The Bertz CT molecular complexity index is 170. The van der Waals surface area contributed by atoms with Gasteiger partial charge in [-0.2, -0.15) is 13.2 Å². The van der Waals surface area contributed by atoms with E-state index in [2.05, 4.69) is 0 Å². The van der Waals surface area contributed by atoms with Crippen molar-refractivity contribution < 1.29 is 23.1 Å². The van der Waals surface area contributed by atoms with E-state index in [1.807, 2.05) is 0 Å². The van der Waals surface area contributed by atoms with E-state index < -0.39 is 12.1 Å². The zero-order chi connectivity index (χ0) is 10.5. The van der Waals surface area contributed by atoms with Gasteiger partial charge in [0.25, 0.3) is 0 Å². The van der Waals surface area contributed by atoms with Crippen LogP contribution < -0.4 is 5.32 Å². The molecule has 0 heterocycles. The molecule has 13 heavy (non-hydrogen) atoms. The molecule has 0 aliphatic carbocycles. The number of halogens is 3. The van der Waals surface area contributed by atoms with Gasteiger partial charge in [-0.1, -0.05) is 6.92 Å². The van der Waals surface area contributed by atoms with Crippen LogP contribution in [0.5, 0.6) is 0 Å². The highest BCUT2D eigenvalue weighted by Crippen LogP contribution is 2.14. The lowest BCUT2D eigenvalue weighted by Crippen LogP contribution is -2.39. The number of aliphatic hydroxyl groups is 1. The highest BCUT2D eigenvalue weighted by Gasteiger charge is 2.38. The third-order valence-electron chi connectivity index (χ3n) is 1.49. The molecule has 0 saturated heterocycles. The zero-order valence-corrected chi connectivity index (χ0v) is 7.19. The standard InChI is InChI=1S/C7H12F3NO2/c1-5(2-3-12)4-11-6(13)7(8,9)10/h5,12H,2-4H2,1H3,(H,11,13). The van der Waals surface area contributed by atoms with E-state index in [-0.39, 0.29) is 19.1 Å². The molecule has 0 aliphatic heterocycles. The summed E-state index contributed by atoms with van der Waals surface area (Å²) < 4.78 is 34.9. The van der Waals surface area contributed by atoms with Gasteiger partial charge in [0.15, 0.2) is 0 Å². The molecule has 0 aromatic carbocycles. The lowest BCUT2D eigenvalue weighted by molar-refractivity contribution is -0.173. The van der Waals surface area contributed by atoms with Gasteiger partial charge in [0.2, 0.25) is 0 Å². The van der Waals surface area contributed by atoms with E-state index in [4.69, 9.17) is 5.11 Å². The minimum Gasteiger partial charge on any atom is -0.396 e. The van der Waals surface area contributed by atoms with Gasteiger partial charge in [-0.15, -0.1) is 0 Å². The minimum atomic E-state index is -4.82. The number of nitrogens with one attached hydrogen (secondary N) is 1. The van der Waals surface area contributed by atoms with Gasteiger partial charge in [-0.3, -0.25) is 4.79 Å². The summed E-state index contributed by atoms with van der Waals surface area (Å²) in [5.74, 6) is -2.09. The van der Waals surface area contributed by atoms with Crippen molar-refractivity contribution in [2.45, 2.75) is 19.5 Å². The van der Waals surface area contributed by atoms with E-state index in [0.29, 0.717) is 6.42 Å². The largest absolute Gasteiger partial charge is 0.471 e. The summed E-state index contributed by atoms with van der Waals surface area (Å²) >= 11 is 0. The van der Waals surface area contributed by atoms with Gasteiger partial charge < -0.3 is 10.4 Å². The molecule has 1 atom stereocenters. The van der Waals surface area contributed by atoms with Gasteiger partial charge in [0, 0.05) is 13.2 Å². The highest BCUT2D eigenvalue weighted by atomic mass is 19.4. The van der Waals surface area contributed by atoms with Crippen LogP contribution in [-0.4, -0.2) is 30.3 Å². The smallest absolute Gasteiger partial charge is 0.396 e. The molecule has 0 spiro atoms. The maximum atomic E-state index is 11.6. The van der Waals surface area contributed by atoms with Gasteiger partial charge in [-0.25, -0.2) is 0 Å².